The second-order valence-corrected chi connectivity index (χ2v) is 4.91. The van der Waals surface area contributed by atoms with E-state index in [1.807, 2.05) is 41.2 Å². The summed E-state index contributed by atoms with van der Waals surface area (Å²) in [5.74, 6) is 0. The number of rotatable bonds is 2. The van der Waals surface area contributed by atoms with E-state index in [9.17, 15) is 0 Å². The summed E-state index contributed by atoms with van der Waals surface area (Å²) in [5, 5.41) is 5.58. The van der Waals surface area contributed by atoms with Crippen molar-refractivity contribution in [1.82, 2.24) is 9.78 Å². The summed E-state index contributed by atoms with van der Waals surface area (Å²) in [6.07, 6.45) is 1.87. The van der Waals surface area contributed by atoms with E-state index in [1.54, 1.807) is 0 Å². The second-order valence-electron chi connectivity index (χ2n) is 4.06. The monoisotopic (exact) mass is 301 g/mol. The van der Waals surface area contributed by atoms with E-state index < -0.39 is 0 Å². The molecule has 0 radical (unpaired) electrons. The molecular weight excluding hydrogens is 290 g/mol. The zero-order valence-electron chi connectivity index (χ0n) is 9.68. The van der Waals surface area contributed by atoms with Crippen molar-refractivity contribution in [2.45, 2.75) is 6.54 Å². The fourth-order valence-corrected chi connectivity index (χ4v) is 2.63. The molecule has 0 saturated heterocycles. The van der Waals surface area contributed by atoms with E-state index in [0.29, 0.717) is 6.54 Å². The van der Waals surface area contributed by atoms with E-state index in [-0.39, 0.29) is 0 Å². The largest absolute Gasteiger partial charge is 0.326 e. The van der Waals surface area contributed by atoms with Crippen LogP contribution in [0, 0.1) is 0 Å². The first-order valence-corrected chi connectivity index (χ1v) is 6.51. The molecule has 0 aliphatic heterocycles. The highest BCUT2D eigenvalue weighted by molar-refractivity contribution is 9.10. The van der Waals surface area contributed by atoms with Gasteiger partial charge in [-0.15, -0.1) is 0 Å². The lowest BCUT2D eigenvalue weighted by Gasteiger charge is -2.10. The number of halogens is 1. The van der Waals surface area contributed by atoms with Gasteiger partial charge in [0, 0.05) is 22.0 Å². The van der Waals surface area contributed by atoms with Crippen LogP contribution < -0.4 is 5.73 Å². The topological polar surface area (TPSA) is 43.8 Å². The minimum Gasteiger partial charge on any atom is -0.326 e. The van der Waals surface area contributed by atoms with Crippen LogP contribution in [0.15, 0.2) is 53.1 Å². The molecule has 3 nitrogen and oxygen atoms in total. The Balaban J connectivity index is 2.30. The number of nitrogens with two attached hydrogens (primary N) is 1. The predicted octanol–water partition coefficient (Wildman–Crippen LogP) is 3.25. The smallest absolute Gasteiger partial charge is 0.0741 e. The van der Waals surface area contributed by atoms with Gasteiger partial charge in [-0.3, -0.25) is 0 Å². The highest BCUT2D eigenvalue weighted by atomic mass is 79.9. The molecule has 0 spiro atoms. The molecule has 0 atom stereocenters. The molecule has 4 heteroatoms. The molecule has 90 valence electrons. The maximum absolute atomic E-state index is 5.83. The Hall–Kier alpha value is -1.65. The zero-order valence-corrected chi connectivity index (χ0v) is 11.3. The van der Waals surface area contributed by atoms with Crippen molar-refractivity contribution in [3.05, 3.63) is 58.7 Å². The minimum atomic E-state index is 0.477. The number of fused-ring (bicyclic) bond motifs is 1. The molecule has 3 rings (SSSR count). The van der Waals surface area contributed by atoms with Crippen LogP contribution >= 0.6 is 15.9 Å². The third kappa shape index (κ3) is 1.74. The molecule has 0 unspecified atom stereocenters. The molecule has 0 bridgehead atoms. The molecule has 18 heavy (non-hydrogen) atoms. The van der Waals surface area contributed by atoms with E-state index in [4.69, 9.17) is 5.73 Å². The van der Waals surface area contributed by atoms with Crippen LogP contribution in [-0.4, -0.2) is 9.78 Å². The van der Waals surface area contributed by atoms with Gasteiger partial charge in [-0.05, 0) is 18.2 Å². The minimum absolute atomic E-state index is 0.477. The normalized spacial score (nSPS) is 11.0. The lowest BCUT2D eigenvalue weighted by molar-refractivity contribution is 0.882. The van der Waals surface area contributed by atoms with Crippen molar-refractivity contribution in [2.75, 3.05) is 0 Å². The van der Waals surface area contributed by atoms with E-state index in [1.165, 1.54) is 0 Å². The maximum Gasteiger partial charge on any atom is 0.0741 e. The van der Waals surface area contributed by atoms with Crippen LogP contribution in [-0.2, 0) is 6.54 Å². The first-order valence-electron chi connectivity index (χ1n) is 5.72. The average molecular weight is 302 g/mol. The van der Waals surface area contributed by atoms with Crippen LogP contribution in [0.2, 0.25) is 0 Å². The molecule has 3 aromatic rings. The number of hydrogen-bond donors (Lipinski definition) is 1. The standard InChI is InChI=1S/C14H12BrN3/c15-12-5-3-7-14(11(12)8-16)18-13-6-2-1-4-10(13)9-17-18/h1-7,9H,8,16H2. The molecule has 0 aliphatic rings. The summed E-state index contributed by atoms with van der Waals surface area (Å²) in [6.45, 7) is 0.477. The zero-order chi connectivity index (χ0) is 12.5. The highest BCUT2D eigenvalue weighted by Crippen LogP contribution is 2.25. The summed E-state index contributed by atoms with van der Waals surface area (Å²) in [7, 11) is 0. The van der Waals surface area contributed by atoms with Crippen molar-refractivity contribution in [1.29, 1.82) is 0 Å². The summed E-state index contributed by atoms with van der Waals surface area (Å²) in [5.41, 5.74) is 9.00. The molecule has 2 aromatic carbocycles. The first-order chi connectivity index (χ1) is 8.81. The van der Waals surface area contributed by atoms with Crippen LogP contribution in [0.3, 0.4) is 0 Å². The van der Waals surface area contributed by atoms with Crippen molar-refractivity contribution >= 4 is 26.8 Å². The van der Waals surface area contributed by atoms with Gasteiger partial charge in [0.15, 0.2) is 0 Å². The Labute approximate surface area is 113 Å². The lowest BCUT2D eigenvalue weighted by atomic mass is 10.1. The van der Waals surface area contributed by atoms with Crippen molar-refractivity contribution < 1.29 is 0 Å². The van der Waals surface area contributed by atoms with Gasteiger partial charge < -0.3 is 5.73 Å². The lowest BCUT2D eigenvalue weighted by Crippen LogP contribution is -2.06. The third-order valence-electron chi connectivity index (χ3n) is 3.00. The van der Waals surface area contributed by atoms with Gasteiger partial charge in [-0.2, -0.15) is 5.10 Å². The number of para-hydroxylation sites is 1. The van der Waals surface area contributed by atoms with Crippen LogP contribution in [0.1, 0.15) is 5.56 Å². The third-order valence-corrected chi connectivity index (χ3v) is 3.75. The van der Waals surface area contributed by atoms with Gasteiger partial charge in [0.1, 0.15) is 0 Å². The van der Waals surface area contributed by atoms with Crippen molar-refractivity contribution in [3.63, 3.8) is 0 Å². The second kappa shape index (κ2) is 4.55. The summed E-state index contributed by atoms with van der Waals surface area (Å²) in [4.78, 5) is 0. The Morgan fingerprint density at radius 1 is 1.11 bits per heavy atom. The molecule has 1 aromatic heterocycles. The number of nitrogens with zero attached hydrogens (tertiary/aromatic N) is 2. The van der Waals surface area contributed by atoms with Crippen molar-refractivity contribution in [3.8, 4) is 5.69 Å². The highest BCUT2D eigenvalue weighted by Gasteiger charge is 2.10. The van der Waals surface area contributed by atoms with Gasteiger partial charge in [0.05, 0.1) is 17.4 Å². The molecule has 2 N–H and O–H groups in total. The Morgan fingerprint density at radius 3 is 2.78 bits per heavy atom. The van der Waals surface area contributed by atoms with Crippen LogP contribution in [0.4, 0.5) is 0 Å². The van der Waals surface area contributed by atoms with E-state index in [2.05, 4.69) is 33.2 Å². The molecule has 0 amide bonds. The number of hydrogen-bond acceptors (Lipinski definition) is 2. The van der Waals surface area contributed by atoms with Gasteiger partial charge in [0.25, 0.3) is 0 Å². The average Bonchev–Trinajstić information content (AvgIpc) is 2.82. The van der Waals surface area contributed by atoms with Crippen LogP contribution in [0.25, 0.3) is 16.6 Å². The number of benzene rings is 2. The fourth-order valence-electron chi connectivity index (χ4n) is 2.11. The summed E-state index contributed by atoms with van der Waals surface area (Å²) < 4.78 is 2.95. The first kappa shape index (κ1) is 11.4. The van der Waals surface area contributed by atoms with Crippen molar-refractivity contribution in [2.24, 2.45) is 5.73 Å². The van der Waals surface area contributed by atoms with Gasteiger partial charge >= 0.3 is 0 Å². The van der Waals surface area contributed by atoms with E-state index >= 15 is 0 Å². The Morgan fingerprint density at radius 2 is 1.94 bits per heavy atom. The van der Waals surface area contributed by atoms with Gasteiger partial charge in [-0.25, -0.2) is 4.68 Å². The maximum atomic E-state index is 5.83. The summed E-state index contributed by atoms with van der Waals surface area (Å²) >= 11 is 3.54. The summed E-state index contributed by atoms with van der Waals surface area (Å²) in [6, 6.07) is 14.2. The fraction of sp³-hybridized carbons (Fsp3) is 0.0714. The Kier molecular flexibility index (Phi) is 2.89. The van der Waals surface area contributed by atoms with E-state index in [0.717, 1.165) is 26.6 Å². The van der Waals surface area contributed by atoms with Gasteiger partial charge in [0.2, 0.25) is 0 Å². The SMILES string of the molecule is NCc1c(Br)cccc1-n1ncc2ccccc21. The van der Waals surface area contributed by atoms with Crippen LogP contribution in [0.5, 0.6) is 0 Å². The number of aromatic nitrogens is 2. The molecular formula is C14H12BrN3. The predicted molar refractivity (Wildman–Crippen MR) is 76.7 cm³/mol. The Bertz CT molecular complexity index is 703. The van der Waals surface area contributed by atoms with Gasteiger partial charge in [-0.1, -0.05) is 40.2 Å². The quantitative estimate of drug-likeness (QED) is 0.789. The molecule has 1 heterocycles. The molecule has 0 aliphatic carbocycles. The molecule has 0 fully saturated rings. The molecule has 0 saturated carbocycles.